The van der Waals surface area contributed by atoms with Crippen LogP contribution in [-0.2, 0) is 9.84 Å². The van der Waals surface area contributed by atoms with Gasteiger partial charge in [0.05, 0.1) is 22.0 Å². The van der Waals surface area contributed by atoms with Gasteiger partial charge in [0.15, 0.2) is 15.7 Å². The fourth-order valence-electron chi connectivity index (χ4n) is 2.37. The average molecular weight is 403 g/mol. The highest BCUT2D eigenvalue weighted by atomic mass is 35.5. The molecule has 1 heterocycles. The summed E-state index contributed by atoms with van der Waals surface area (Å²) in [6.07, 6.45) is 1.46. The van der Waals surface area contributed by atoms with Crippen LogP contribution in [0, 0.1) is 0 Å². The largest absolute Gasteiger partial charge is 0.338 e. The minimum atomic E-state index is -3.46. The molecular formula is C19H19ClN4O2S. The maximum absolute atomic E-state index is 12.6. The fourth-order valence-corrected chi connectivity index (χ4v) is 3.71. The van der Waals surface area contributed by atoms with Crippen molar-refractivity contribution >= 4 is 44.6 Å². The van der Waals surface area contributed by atoms with Crippen LogP contribution in [0.5, 0.6) is 0 Å². The van der Waals surface area contributed by atoms with E-state index in [1.54, 1.807) is 38.1 Å². The van der Waals surface area contributed by atoms with Crippen LogP contribution in [0.1, 0.15) is 13.8 Å². The van der Waals surface area contributed by atoms with Gasteiger partial charge in [0.1, 0.15) is 5.02 Å². The highest BCUT2D eigenvalue weighted by molar-refractivity contribution is 7.92. The summed E-state index contributed by atoms with van der Waals surface area (Å²) in [6, 6.07) is 16.1. The molecule has 6 nitrogen and oxygen atoms in total. The highest BCUT2D eigenvalue weighted by Gasteiger charge is 2.23. The lowest BCUT2D eigenvalue weighted by atomic mass is 10.3. The average Bonchev–Trinajstić information content (AvgIpc) is 2.65. The van der Waals surface area contributed by atoms with Gasteiger partial charge in [0, 0.05) is 5.69 Å². The van der Waals surface area contributed by atoms with Crippen molar-refractivity contribution in [1.82, 2.24) is 9.97 Å². The number of hydrogen-bond acceptors (Lipinski definition) is 6. The molecular weight excluding hydrogens is 384 g/mol. The molecule has 1 aromatic heterocycles. The van der Waals surface area contributed by atoms with Gasteiger partial charge in [-0.1, -0.05) is 41.9 Å². The second-order valence-electron chi connectivity index (χ2n) is 6.10. The van der Waals surface area contributed by atoms with Crippen molar-refractivity contribution < 1.29 is 8.42 Å². The van der Waals surface area contributed by atoms with Gasteiger partial charge < -0.3 is 10.6 Å². The standard InChI is InChI=1S/C19H19ClN4O2S/c1-13(2)27(25,26)17-11-7-6-10-16(17)23-18-15(20)12-21-19(24-18)22-14-8-4-3-5-9-14/h3-13H,1-2H3,(H2,21,22,23,24). The SMILES string of the molecule is CC(C)S(=O)(=O)c1ccccc1Nc1nc(Nc2ccccc2)ncc1Cl. The van der Waals surface area contributed by atoms with Crippen LogP contribution < -0.4 is 10.6 Å². The molecule has 0 aliphatic carbocycles. The first-order valence-corrected chi connectivity index (χ1v) is 10.2. The first-order valence-electron chi connectivity index (χ1n) is 8.32. The third kappa shape index (κ3) is 4.37. The fraction of sp³-hybridized carbons (Fsp3) is 0.158. The molecule has 0 saturated carbocycles. The van der Waals surface area contributed by atoms with Crippen molar-refractivity contribution in [1.29, 1.82) is 0 Å². The van der Waals surface area contributed by atoms with Gasteiger partial charge in [-0.05, 0) is 38.1 Å². The van der Waals surface area contributed by atoms with Crippen molar-refractivity contribution in [3.63, 3.8) is 0 Å². The van der Waals surface area contributed by atoms with Crippen molar-refractivity contribution in [2.75, 3.05) is 10.6 Å². The van der Waals surface area contributed by atoms with Crippen LogP contribution in [-0.4, -0.2) is 23.6 Å². The number of sulfone groups is 1. The Morgan fingerprint density at radius 3 is 2.33 bits per heavy atom. The van der Waals surface area contributed by atoms with Crippen LogP contribution in [0.15, 0.2) is 65.7 Å². The van der Waals surface area contributed by atoms with Crippen LogP contribution in [0.25, 0.3) is 0 Å². The Labute approximate surface area is 163 Å². The number of anilines is 4. The minimum Gasteiger partial charge on any atom is -0.338 e. The zero-order chi connectivity index (χ0) is 19.4. The Bertz CT molecular complexity index is 1040. The lowest BCUT2D eigenvalue weighted by Crippen LogP contribution is -2.15. The second-order valence-corrected chi connectivity index (χ2v) is 8.98. The van der Waals surface area contributed by atoms with E-state index < -0.39 is 15.1 Å². The Balaban J connectivity index is 1.94. The van der Waals surface area contributed by atoms with Crippen LogP contribution in [0.4, 0.5) is 23.1 Å². The maximum Gasteiger partial charge on any atom is 0.229 e. The molecule has 2 N–H and O–H groups in total. The number of benzene rings is 2. The summed E-state index contributed by atoms with van der Waals surface area (Å²) in [5, 5.41) is 5.84. The van der Waals surface area contributed by atoms with Gasteiger partial charge in [-0.15, -0.1) is 0 Å². The predicted octanol–water partition coefficient (Wildman–Crippen LogP) is 4.80. The van der Waals surface area contributed by atoms with E-state index in [1.165, 1.54) is 6.20 Å². The summed E-state index contributed by atoms with van der Waals surface area (Å²) in [5.41, 5.74) is 1.24. The molecule has 0 spiro atoms. The van der Waals surface area contributed by atoms with Crippen LogP contribution in [0.2, 0.25) is 5.02 Å². The third-order valence-electron chi connectivity index (χ3n) is 3.84. The number of rotatable bonds is 6. The van der Waals surface area contributed by atoms with E-state index in [4.69, 9.17) is 11.6 Å². The summed E-state index contributed by atoms with van der Waals surface area (Å²) in [6.45, 7) is 3.29. The molecule has 140 valence electrons. The normalized spacial score (nSPS) is 11.4. The minimum absolute atomic E-state index is 0.201. The molecule has 2 aromatic carbocycles. The summed E-state index contributed by atoms with van der Waals surface area (Å²) >= 11 is 6.21. The Hall–Kier alpha value is -2.64. The van der Waals surface area contributed by atoms with Gasteiger partial charge in [0.2, 0.25) is 5.95 Å². The zero-order valence-corrected chi connectivity index (χ0v) is 16.4. The molecule has 0 aliphatic rings. The lowest BCUT2D eigenvalue weighted by molar-refractivity contribution is 0.588. The first kappa shape index (κ1) is 19.1. The molecule has 0 bridgehead atoms. The first-order chi connectivity index (χ1) is 12.9. The number of nitrogens with zero attached hydrogens (tertiary/aromatic N) is 2. The van der Waals surface area contributed by atoms with E-state index in [2.05, 4.69) is 20.6 Å². The Kier molecular flexibility index (Phi) is 5.62. The van der Waals surface area contributed by atoms with E-state index >= 15 is 0 Å². The van der Waals surface area contributed by atoms with Crippen LogP contribution in [0.3, 0.4) is 0 Å². The van der Waals surface area contributed by atoms with Crippen molar-refractivity contribution in [3.05, 3.63) is 65.8 Å². The monoisotopic (exact) mass is 402 g/mol. The van der Waals surface area contributed by atoms with Gasteiger partial charge in [-0.3, -0.25) is 0 Å². The number of hydrogen-bond donors (Lipinski definition) is 2. The maximum atomic E-state index is 12.6. The van der Waals surface area contributed by atoms with E-state index in [-0.39, 0.29) is 9.92 Å². The van der Waals surface area contributed by atoms with E-state index in [1.807, 2.05) is 30.3 Å². The predicted molar refractivity (Wildman–Crippen MR) is 109 cm³/mol. The highest BCUT2D eigenvalue weighted by Crippen LogP contribution is 2.30. The molecule has 0 saturated heterocycles. The van der Waals surface area contributed by atoms with Crippen molar-refractivity contribution in [2.45, 2.75) is 24.0 Å². The quantitative estimate of drug-likeness (QED) is 0.616. The molecule has 27 heavy (non-hydrogen) atoms. The molecule has 8 heteroatoms. The summed E-state index contributed by atoms with van der Waals surface area (Å²) < 4.78 is 25.2. The zero-order valence-electron chi connectivity index (χ0n) is 14.8. The Morgan fingerprint density at radius 2 is 1.63 bits per heavy atom. The van der Waals surface area contributed by atoms with Gasteiger partial charge in [-0.25, -0.2) is 13.4 Å². The molecule has 0 fully saturated rings. The smallest absolute Gasteiger partial charge is 0.229 e. The third-order valence-corrected chi connectivity index (χ3v) is 6.33. The lowest BCUT2D eigenvalue weighted by Gasteiger charge is -2.15. The molecule has 0 amide bonds. The van der Waals surface area contributed by atoms with E-state index in [0.29, 0.717) is 17.5 Å². The molecule has 0 atom stereocenters. The molecule has 0 unspecified atom stereocenters. The topological polar surface area (TPSA) is 84.0 Å². The number of para-hydroxylation sites is 2. The number of halogens is 1. The van der Waals surface area contributed by atoms with Gasteiger partial charge in [-0.2, -0.15) is 4.98 Å². The van der Waals surface area contributed by atoms with E-state index in [9.17, 15) is 8.42 Å². The summed E-state index contributed by atoms with van der Waals surface area (Å²) in [7, 11) is -3.46. The van der Waals surface area contributed by atoms with Crippen molar-refractivity contribution in [2.24, 2.45) is 0 Å². The Morgan fingerprint density at radius 1 is 0.963 bits per heavy atom. The molecule has 0 aliphatic heterocycles. The summed E-state index contributed by atoms with van der Waals surface area (Å²) in [5.74, 6) is 0.661. The number of nitrogens with one attached hydrogen (secondary N) is 2. The van der Waals surface area contributed by atoms with E-state index in [0.717, 1.165) is 5.69 Å². The van der Waals surface area contributed by atoms with Gasteiger partial charge in [0.25, 0.3) is 0 Å². The molecule has 3 rings (SSSR count). The molecule has 0 radical (unpaired) electrons. The van der Waals surface area contributed by atoms with Crippen LogP contribution >= 0.6 is 11.6 Å². The summed E-state index contributed by atoms with van der Waals surface area (Å²) in [4.78, 5) is 8.73. The second kappa shape index (κ2) is 7.94. The van der Waals surface area contributed by atoms with Gasteiger partial charge >= 0.3 is 0 Å². The molecule has 3 aromatic rings. The van der Waals surface area contributed by atoms with Crippen molar-refractivity contribution in [3.8, 4) is 0 Å². The number of aromatic nitrogens is 2.